The molecule has 4 aromatic heterocycles. The van der Waals surface area contributed by atoms with Crippen LogP contribution in [0.15, 0.2) is 150 Å². The summed E-state index contributed by atoms with van der Waals surface area (Å²) < 4.78 is 21.6. The second kappa shape index (κ2) is 15.8. The van der Waals surface area contributed by atoms with Gasteiger partial charge in [-0.05, 0) is 63.1 Å². The monoisotopic (exact) mass is 1030 g/mol. The molecule has 0 saturated carbocycles. The van der Waals surface area contributed by atoms with E-state index in [-0.39, 0.29) is 31.3 Å². The third kappa shape index (κ3) is 7.43. The Kier molecular flexibility index (Phi) is 10.7. The minimum Gasteiger partial charge on any atom is -0.501 e. The average molecular weight is 1030 g/mol. The van der Waals surface area contributed by atoms with Crippen molar-refractivity contribution >= 4 is 70.3 Å². The fourth-order valence-corrected chi connectivity index (χ4v) is 11.2. The molecule has 0 saturated heterocycles. The van der Waals surface area contributed by atoms with Crippen LogP contribution in [-0.2, 0) is 25.5 Å². The molecule has 0 unspecified atom stereocenters. The quantitative estimate of drug-likeness (QED) is 0.127. The first kappa shape index (κ1) is 42.5. The van der Waals surface area contributed by atoms with Gasteiger partial charge in [-0.3, -0.25) is 4.39 Å². The summed E-state index contributed by atoms with van der Waals surface area (Å²) in [6.45, 7) is 18.9. The Morgan fingerprint density at radius 2 is 1.29 bits per heavy atom. The SMILES string of the molecule is CC1(C)c2cc(-n3c4ccccc4c4cnc(-c5[c-]ccc6c5oc5ccccc56)cc43)ccc2-c2ccc([Si](C)(C)C)cc21.C[Si](C)(C)c1ccc(-c2[c-]cc(F)cc2)nc1.[Ir]. The van der Waals surface area contributed by atoms with Crippen molar-refractivity contribution in [2.45, 2.75) is 58.5 Å². The van der Waals surface area contributed by atoms with Crippen molar-refractivity contribution in [3.63, 3.8) is 0 Å². The third-order valence-corrected chi connectivity index (χ3v) is 16.7. The molecule has 10 aromatic rings. The summed E-state index contributed by atoms with van der Waals surface area (Å²) in [7, 11) is -2.74. The third-order valence-electron chi connectivity index (χ3n) is 12.6. The first-order chi connectivity index (χ1) is 29.7. The van der Waals surface area contributed by atoms with Crippen LogP contribution in [0.4, 0.5) is 4.39 Å². The van der Waals surface area contributed by atoms with Gasteiger partial charge in [0.1, 0.15) is 5.58 Å². The Bertz CT molecular complexity index is 3360. The summed E-state index contributed by atoms with van der Waals surface area (Å²) in [6, 6.07) is 52.3. The summed E-state index contributed by atoms with van der Waals surface area (Å²) in [5, 5.41) is 7.36. The van der Waals surface area contributed by atoms with Crippen LogP contribution in [0.2, 0.25) is 39.3 Å². The average Bonchev–Trinajstić information content (AvgIpc) is 3.88. The second-order valence-electron chi connectivity index (χ2n) is 19.1. The van der Waals surface area contributed by atoms with E-state index in [9.17, 15) is 4.39 Å². The van der Waals surface area contributed by atoms with Crippen LogP contribution in [0.1, 0.15) is 25.0 Å². The molecule has 0 atom stereocenters. The normalized spacial score (nSPS) is 13.2. The molecule has 1 radical (unpaired) electrons. The van der Waals surface area contributed by atoms with Crippen LogP contribution in [0, 0.1) is 17.9 Å². The van der Waals surface area contributed by atoms with Crippen molar-refractivity contribution in [1.82, 2.24) is 14.5 Å². The van der Waals surface area contributed by atoms with Crippen molar-refractivity contribution in [1.29, 1.82) is 0 Å². The number of para-hydroxylation sites is 2. The van der Waals surface area contributed by atoms with E-state index in [4.69, 9.17) is 9.40 Å². The van der Waals surface area contributed by atoms with E-state index >= 15 is 0 Å². The number of halogens is 1. The summed E-state index contributed by atoms with van der Waals surface area (Å²) in [5.41, 5.74) is 14.0. The first-order valence-electron chi connectivity index (χ1n) is 21.3. The summed E-state index contributed by atoms with van der Waals surface area (Å²) >= 11 is 0. The van der Waals surface area contributed by atoms with Crippen molar-refractivity contribution in [2.75, 3.05) is 0 Å². The Balaban J connectivity index is 0.000000237. The van der Waals surface area contributed by atoms with Gasteiger partial charge in [0, 0.05) is 71.1 Å². The number of fused-ring (bicyclic) bond motifs is 9. The maximum absolute atomic E-state index is 12.8. The van der Waals surface area contributed by atoms with Crippen LogP contribution in [-0.4, -0.2) is 30.7 Å². The van der Waals surface area contributed by atoms with E-state index in [1.165, 1.54) is 55.7 Å². The summed E-state index contributed by atoms with van der Waals surface area (Å²) in [6.07, 6.45) is 3.95. The molecule has 11 rings (SSSR count). The number of furan rings is 1. The van der Waals surface area contributed by atoms with Crippen LogP contribution >= 0.6 is 0 Å². The Labute approximate surface area is 384 Å². The van der Waals surface area contributed by atoms with E-state index in [2.05, 4.69) is 166 Å². The fourth-order valence-electron chi connectivity index (χ4n) is 9.05. The van der Waals surface area contributed by atoms with Gasteiger partial charge in [-0.15, -0.1) is 48.0 Å². The fraction of sp³-hybridized carbons (Fsp3) is 0.164. The molecule has 4 heterocycles. The van der Waals surface area contributed by atoms with Crippen molar-refractivity contribution in [3.8, 4) is 39.3 Å². The van der Waals surface area contributed by atoms with Gasteiger partial charge in [-0.25, -0.2) is 0 Å². The number of benzene rings is 6. The first-order valence-corrected chi connectivity index (χ1v) is 28.3. The smallest absolute Gasteiger partial charge is 0.120 e. The van der Waals surface area contributed by atoms with E-state index < -0.39 is 16.1 Å². The zero-order valence-electron chi connectivity index (χ0n) is 36.8. The molecule has 6 aromatic carbocycles. The molecule has 0 amide bonds. The number of nitrogens with zero attached hydrogens (tertiary/aromatic N) is 3. The molecule has 0 spiro atoms. The molecule has 0 N–H and O–H groups in total. The Morgan fingerprint density at radius 3 is 2.00 bits per heavy atom. The minimum atomic E-state index is -1.44. The Morgan fingerprint density at radius 1 is 0.603 bits per heavy atom. The van der Waals surface area contributed by atoms with E-state index in [1.54, 1.807) is 6.07 Å². The molecule has 0 bridgehead atoms. The van der Waals surface area contributed by atoms with Gasteiger partial charge in [0.05, 0.1) is 27.2 Å². The molecule has 4 nitrogen and oxygen atoms in total. The van der Waals surface area contributed by atoms with Crippen molar-refractivity contribution in [2.24, 2.45) is 0 Å². The molecule has 63 heavy (non-hydrogen) atoms. The molecule has 8 heteroatoms. The second-order valence-corrected chi connectivity index (χ2v) is 29.3. The number of aromatic nitrogens is 3. The number of hydrogen-bond acceptors (Lipinski definition) is 3. The predicted octanol–water partition coefficient (Wildman–Crippen LogP) is 13.6. The topological polar surface area (TPSA) is 43.9 Å². The molecule has 0 aliphatic heterocycles. The van der Waals surface area contributed by atoms with Crippen LogP contribution in [0.25, 0.3) is 83.1 Å². The van der Waals surface area contributed by atoms with Gasteiger partial charge in [0.2, 0.25) is 0 Å². The van der Waals surface area contributed by atoms with Crippen molar-refractivity contribution < 1.29 is 28.9 Å². The van der Waals surface area contributed by atoms with Crippen LogP contribution in [0.3, 0.4) is 0 Å². The molecule has 0 fully saturated rings. The zero-order valence-corrected chi connectivity index (χ0v) is 41.2. The Hall–Kier alpha value is -5.77. The van der Waals surface area contributed by atoms with Crippen LogP contribution in [0.5, 0.6) is 0 Å². The van der Waals surface area contributed by atoms with Gasteiger partial charge in [-0.2, -0.15) is 0 Å². The van der Waals surface area contributed by atoms with E-state index in [1.807, 2.05) is 36.7 Å². The molecular weight excluding hydrogens is 986 g/mol. The molecule has 1 aliphatic carbocycles. The van der Waals surface area contributed by atoms with Gasteiger partial charge < -0.3 is 19.0 Å². The summed E-state index contributed by atoms with van der Waals surface area (Å²) in [5.74, 6) is -0.271. The van der Waals surface area contributed by atoms with E-state index in [0.717, 1.165) is 61.0 Å². The predicted molar refractivity (Wildman–Crippen MR) is 262 cm³/mol. The van der Waals surface area contributed by atoms with E-state index in [0.29, 0.717) is 0 Å². The zero-order chi connectivity index (χ0) is 43.1. The number of hydrogen-bond donors (Lipinski definition) is 0. The minimum absolute atomic E-state index is 0. The van der Waals surface area contributed by atoms with Gasteiger partial charge in [-0.1, -0.05) is 148 Å². The summed E-state index contributed by atoms with van der Waals surface area (Å²) in [4.78, 5) is 9.42. The van der Waals surface area contributed by atoms with Gasteiger partial charge in [0.15, 0.2) is 0 Å². The largest absolute Gasteiger partial charge is 0.501 e. The van der Waals surface area contributed by atoms with Crippen LogP contribution < -0.4 is 10.4 Å². The molecule has 1 aliphatic rings. The maximum Gasteiger partial charge on any atom is 0.120 e. The standard InChI is InChI=1S/C41H33N2OSi.C14H15FNSi.Ir/c1-41(2)34-21-25(17-19-27(34)28-20-18-26(22-35(28)41)45(3,4)5)43-37-15-8-6-11-29(37)33-24-42-36(23-38(33)43)32-14-10-13-31-30-12-7-9-16-39(30)44-40(31)32;1-17(2,3)13-8-9-14(16-10-13)11-4-6-12(15)7-5-11;/h6-13,15-24H,1-5H3;4,6-10H,1-3H3;/q2*-1;. The number of rotatable bonds is 5. The van der Waals surface area contributed by atoms with Crippen molar-refractivity contribution in [3.05, 3.63) is 175 Å². The maximum atomic E-state index is 12.8. The molecular formula is C55H48FIrN3OSi2-2. The van der Waals surface area contributed by atoms with Gasteiger partial charge in [0.25, 0.3) is 0 Å². The molecule has 315 valence electrons. The van der Waals surface area contributed by atoms with Gasteiger partial charge >= 0.3 is 0 Å². The number of pyridine rings is 2.